The first-order valence-electron chi connectivity index (χ1n) is 5.93. The normalized spacial score (nSPS) is 12.2. The molecule has 1 aromatic heterocycles. The Morgan fingerprint density at radius 1 is 1.33 bits per heavy atom. The van der Waals surface area contributed by atoms with Gasteiger partial charge in [-0.3, -0.25) is 9.69 Å². The molecule has 0 atom stereocenters. The van der Waals surface area contributed by atoms with E-state index in [1.54, 1.807) is 12.1 Å². The van der Waals surface area contributed by atoms with Crippen LogP contribution in [0.5, 0.6) is 0 Å². The Hall–Kier alpha value is -1.31. The van der Waals surface area contributed by atoms with E-state index < -0.39 is 25.2 Å². The zero-order valence-corrected chi connectivity index (χ0v) is 12.2. The SMILES string of the molecule is O=C(O)CN(Cc1sc2ccccc2c1Cl)CC(F)(F)F. The predicted octanol–water partition coefficient (Wildman–Crippen LogP) is 4.00. The number of alkyl halides is 3. The van der Waals surface area contributed by atoms with E-state index in [2.05, 4.69) is 0 Å². The molecule has 0 saturated carbocycles. The second kappa shape index (κ2) is 6.21. The maximum atomic E-state index is 12.5. The van der Waals surface area contributed by atoms with Crippen molar-refractivity contribution in [2.45, 2.75) is 12.7 Å². The third-order valence-corrected chi connectivity index (χ3v) is 4.43. The molecule has 0 aliphatic carbocycles. The minimum Gasteiger partial charge on any atom is -0.480 e. The van der Waals surface area contributed by atoms with Gasteiger partial charge >= 0.3 is 12.1 Å². The van der Waals surface area contributed by atoms with Crippen LogP contribution >= 0.6 is 22.9 Å². The molecule has 1 aromatic carbocycles. The van der Waals surface area contributed by atoms with Crippen LogP contribution in [-0.4, -0.2) is 35.2 Å². The van der Waals surface area contributed by atoms with E-state index in [0.29, 0.717) is 9.90 Å². The lowest BCUT2D eigenvalue weighted by molar-refractivity contribution is -0.154. The molecule has 0 saturated heterocycles. The fourth-order valence-electron chi connectivity index (χ4n) is 1.98. The van der Waals surface area contributed by atoms with Gasteiger partial charge in [0.1, 0.15) is 0 Å². The van der Waals surface area contributed by atoms with Crippen LogP contribution in [0, 0.1) is 0 Å². The summed E-state index contributed by atoms with van der Waals surface area (Å²) < 4.78 is 38.4. The van der Waals surface area contributed by atoms with Crippen molar-refractivity contribution in [1.82, 2.24) is 4.90 Å². The van der Waals surface area contributed by atoms with Gasteiger partial charge in [0.15, 0.2) is 0 Å². The largest absolute Gasteiger partial charge is 0.480 e. The number of rotatable bonds is 5. The molecule has 1 N–H and O–H groups in total. The Labute approximate surface area is 127 Å². The smallest absolute Gasteiger partial charge is 0.401 e. The lowest BCUT2D eigenvalue weighted by Gasteiger charge is -2.21. The van der Waals surface area contributed by atoms with Crippen LogP contribution in [0.1, 0.15) is 4.88 Å². The maximum absolute atomic E-state index is 12.5. The van der Waals surface area contributed by atoms with Gasteiger partial charge in [-0.05, 0) is 6.07 Å². The lowest BCUT2D eigenvalue weighted by Crippen LogP contribution is -2.37. The Balaban J connectivity index is 2.25. The third kappa shape index (κ3) is 4.33. The number of hydrogen-bond acceptors (Lipinski definition) is 3. The average Bonchev–Trinajstić information content (AvgIpc) is 2.64. The molecule has 0 amide bonds. The van der Waals surface area contributed by atoms with Crippen molar-refractivity contribution in [2.24, 2.45) is 0 Å². The van der Waals surface area contributed by atoms with Crippen molar-refractivity contribution in [2.75, 3.05) is 13.1 Å². The van der Waals surface area contributed by atoms with E-state index in [1.807, 2.05) is 12.1 Å². The highest BCUT2D eigenvalue weighted by Crippen LogP contribution is 2.36. The van der Waals surface area contributed by atoms with Crippen molar-refractivity contribution < 1.29 is 23.1 Å². The molecule has 0 fully saturated rings. The molecule has 3 nitrogen and oxygen atoms in total. The molecule has 2 rings (SSSR count). The summed E-state index contributed by atoms with van der Waals surface area (Å²) in [6.45, 7) is -2.13. The molecule has 0 aliphatic rings. The van der Waals surface area contributed by atoms with E-state index in [4.69, 9.17) is 16.7 Å². The number of carboxylic acid groups (broad SMARTS) is 1. The zero-order valence-electron chi connectivity index (χ0n) is 10.7. The maximum Gasteiger partial charge on any atom is 0.401 e. The van der Waals surface area contributed by atoms with Gasteiger partial charge in [-0.15, -0.1) is 11.3 Å². The van der Waals surface area contributed by atoms with Crippen molar-refractivity contribution >= 4 is 39.0 Å². The summed E-state index contributed by atoms with van der Waals surface area (Å²) in [5.41, 5.74) is 0. The highest BCUT2D eigenvalue weighted by Gasteiger charge is 2.32. The summed E-state index contributed by atoms with van der Waals surface area (Å²) in [7, 11) is 0. The molecule has 0 aliphatic heterocycles. The fourth-order valence-corrected chi connectivity index (χ4v) is 3.52. The number of aliphatic carboxylic acids is 1. The van der Waals surface area contributed by atoms with Gasteiger partial charge in [0.05, 0.1) is 18.1 Å². The van der Waals surface area contributed by atoms with Gasteiger partial charge in [-0.2, -0.15) is 13.2 Å². The number of thiophene rings is 1. The Bertz CT molecular complexity index is 656. The fraction of sp³-hybridized carbons (Fsp3) is 0.308. The van der Waals surface area contributed by atoms with E-state index in [0.717, 1.165) is 15.0 Å². The molecule has 0 unspecified atom stereocenters. The van der Waals surface area contributed by atoms with Crippen LogP contribution in [-0.2, 0) is 11.3 Å². The molecule has 1 heterocycles. The number of halogens is 4. The monoisotopic (exact) mass is 337 g/mol. The number of nitrogens with zero attached hydrogens (tertiary/aromatic N) is 1. The molecule has 0 spiro atoms. The van der Waals surface area contributed by atoms with Crippen molar-refractivity contribution in [1.29, 1.82) is 0 Å². The van der Waals surface area contributed by atoms with Gasteiger partial charge in [0.25, 0.3) is 0 Å². The number of fused-ring (bicyclic) bond motifs is 1. The van der Waals surface area contributed by atoms with E-state index in [-0.39, 0.29) is 6.54 Å². The summed E-state index contributed by atoms with van der Waals surface area (Å²) in [4.78, 5) is 12.1. The molecule has 0 bridgehead atoms. The van der Waals surface area contributed by atoms with E-state index >= 15 is 0 Å². The number of carbonyl (C=O) groups is 1. The third-order valence-electron chi connectivity index (χ3n) is 2.73. The zero-order chi connectivity index (χ0) is 15.6. The van der Waals surface area contributed by atoms with Crippen molar-refractivity contribution in [3.8, 4) is 0 Å². The molecule has 2 aromatic rings. The average molecular weight is 338 g/mol. The molecular weight excluding hydrogens is 327 g/mol. The van der Waals surface area contributed by atoms with Crippen LogP contribution in [0.4, 0.5) is 13.2 Å². The van der Waals surface area contributed by atoms with Gasteiger partial charge in [0, 0.05) is 21.5 Å². The van der Waals surface area contributed by atoms with Crippen LogP contribution in [0.15, 0.2) is 24.3 Å². The van der Waals surface area contributed by atoms with Crippen molar-refractivity contribution in [3.63, 3.8) is 0 Å². The van der Waals surface area contributed by atoms with Gasteiger partial charge < -0.3 is 5.11 Å². The number of carboxylic acids is 1. The highest BCUT2D eigenvalue weighted by molar-refractivity contribution is 7.19. The Kier molecular flexibility index (Phi) is 4.75. The van der Waals surface area contributed by atoms with Gasteiger partial charge in [0.2, 0.25) is 0 Å². The van der Waals surface area contributed by atoms with Crippen LogP contribution in [0.2, 0.25) is 5.02 Å². The number of benzene rings is 1. The first kappa shape index (κ1) is 16.1. The molecular formula is C13H11ClF3NO2S. The summed E-state index contributed by atoms with van der Waals surface area (Å²) in [5.74, 6) is -1.31. The topological polar surface area (TPSA) is 40.5 Å². The minimum atomic E-state index is -4.46. The van der Waals surface area contributed by atoms with Gasteiger partial charge in [-0.25, -0.2) is 0 Å². The lowest BCUT2D eigenvalue weighted by atomic mass is 10.2. The second-order valence-electron chi connectivity index (χ2n) is 4.49. The Morgan fingerprint density at radius 2 is 2.00 bits per heavy atom. The summed E-state index contributed by atoms with van der Waals surface area (Å²) in [6, 6.07) is 7.20. The highest BCUT2D eigenvalue weighted by atomic mass is 35.5. The molecule has 114 valence electrons. The first-order valence-corrected chi connectivity index (χ1v) is 7.12. The van der Waals surface area contributed by atoms with Gasteiger partial charge in [-0.1, -0.05) is 29.8 Å². The summed E-state index contributed by atoms with van der Waals surface area (Å²) >= 11 is 7.44. The summed E-state index contributed by atoms with van der Waals surface area (Å²) in [6.07, 6.45) is -4.46. The Morgan fingerprint density at radius 3 is 2.57 bits per heavy atom. The van der Waals surface area contributed by atoms with Crippen LogP contribution in [0.25, 0.3) is 10.1 Å². The molecule has 21 heavy (non-hydrogen) atoms. The summed E-state index contributed by atoms with van der Waals surface area (Å²) in [5, 5.41) is 9.88. The second-order valence-corrected chi connectivity index (χ2v) is 6.00. The molecule has 8 heteroatoms. The quantitative estimate of drug-likeness (QED) is 0.896. The number of hydrogen-bond donors (Lipinski definition) is 1. The van der Waals surface area contributed by atoms with Crippen molar-refractivity contribution in [3.05, 3.63) is 34.2 Å². The van der Waals surface area contributed by atoms with Crippen LogP contribution < -0.4 is 0 Å². The minimum absolute atomic E-state index is 0.149. The predicted molar refractivity (Wildman–Crippen MR) is 75.8 cm³/mol. The van der Waals surface area contributed by atoms with E-state index in [9.17, 15) is 18.0 Å². The van der Waals surface area contributed by atoms with E-state index in [1.165, 1.54) is 11.3 Å². The standard InChI is InChI=1S/C13H11ClF3NO2S/c14-12-8-3-1-2-4-9(8)21-10(12)5-18(6-11(19)20)7-13(15,16)17/h1-4H,5-7H2,(H,19,20). The molecule has 0 radical (unpaired) electrons. The van der Waals surface area contributed by atoms with Crippen LogP contribution in [0.3, 0.4) is 0 Å². The first-order chi connectivity index (χ1) is 9.76.